The van der Waals surface area contributed by atoms with Gasteiger partial charge in [-0.2, -0.15) is 0 Å². The second kappa shape index (κ2) is 5.85. The normalized spacial score (nSPS) is 14.9. The molecule has 3 N–H and O–H groups in total. The average Bonchev–Trinajstić information content (AvgIpc) is 2.28. The van der Waals surface area contributed by atoms with Crippen molar-refractivity contribution in [2.24, 2.45) is 0 Å². The summed E-state index contributed by atoms with van der Waals surface area (Å²) in [6.45, 7) is 2.73. The Morgan fingerprint density at radius 1 is 1.20 bits per heavy atom. The molecule has 0 fully saturated rings. The van der Waals surface area contributed by atoms with Gasteiger partial charge in [-0.25, -0.2) is 0 Å². The number of benzene rings is 1. The van der Waals surface area contributed by atoms with Crippen molar-refractivity contribution in [2.75, 3.05) is 13.2 Å². The molecule has 0 amide bonds. The number of hydrogen-bond acceptors (Lipinski definition) is 3. The van der Waals surface area contributed by atoms with Gasteiger partial charge in [-0.05, 0) is 18.9 Å². The molecule has 0 spiro atoms. The fraction of sp³-hybridized carbons (Fsp3) is 0.500. The number of hydrogen-bond donors (Lipinski definition) is 3. The van der Waals surface area contributed by atoms with Crippen molar-refractivity contribution in [3.63, 3.8) is 0 Å². The van der Waals surface area contributed by atoms with Crippen molar-refractivity contribution in [3.05, 3.63) is 35.9 Å². The molecule has 15 heavy (non-hydrogen) atoms. The molecule has 0 bridgehead atoms. The summed E-state index contributed by atoms with van der Waals surface area (Å²) in [5.74, 6) is 0. The Morgan fingerprint density at radius 3 is 2.40 bits per heavy atom. The average molecular weight is 209 g/mol. The molecule has 1 unspecified atom stereocenters. The standard InChI is InChI=1S/C12H19NO2/c1-12(10-15,7-8-14)13-9-11-5-3-2-4-6-11/h2-6,13-15H,7-10H2,1H3. The summed E-state index contributed by atoms with van der Waals surface area (Å²) in [6, 6.07) is 10.0. The zero-order valence-corrected chi connectivity index (χ0v) is 9.11. The summed E-state index contributed by atoms with van der Waals surface area (Å²) in [4.78, 5) is 0. The third-order valence-electron chi connectivity index (χ3n) is 2.57. The van der Waals surface area contributed by atoms with Crippen molar-refractivity contribution in [2.45, 2.75) is 25.4 Å². The smallest absolute Gasteiger partial charge is 0.0611 e. The molecule has 0 saturated heterocycles. The molecule has 0 aliphatic heterocycles. The van der Waals surface area contributed by atoms with Crippen molar-refractivity contribution >= 4 is 0 Å². The molecular weight excluding hydrogens is 190 g/mol. The highest BCUT2D eigenvalue weighted by atomic mass is 16.3. The summed E-state index contributed by atoms with van der Waals surface area (Å²) >= 11 is 0. The molecule has 1 atom stereocenters. The van der Waals surface area contributed by atoms with E-state index in [0.717, 1.165) is 0 Å². The molecule has 0 aliphatic carbocycles. The van der Waals surface area contributed by atoms with E-state index in [-0.39, 0.29) is 13.2 Å². The number of nitrogens with one attached hydrogen (secondary N) is 1. The zero-order valence-electron chi connectivity index (χ0n) is 9.11. The summed E-state index contributed by atoms with van der Waals surface area (Å²) in [7, 11) is 0. The topological polar surface area (TPSA) is 52.5 Å². The molecular formula is C12H19NO2. The maximum Gasteiger partial charge on any atom is 0.0611 e. The third kappa shape index (κ3) is 4.00. The lowest BCUT2D eigenvalue weighted by Crippen LogP contribution is -2.45. The van der Waals surface area contributed by atoms with Crippen LogP contribution in [0.1, 0.15) is 18.9 Å². The lowest BCUT2D eigenvalue weighted by atomic mass is 9.99. The Balaban J connectivity index is 2.47. The van der Waals surface area contributed by atoms with E-state index in [4.69, 9.17) is 5.11 Å². The molecule has 1 rings (SSSR count). The second-order valence-corrected chi connectivity index (χ2v) is 4.03. The Kier molecular flexibility index (Phi) is 4.75. The lowest BCUT2D eigenvalue weighted by Gasteiger charge is -2.28. The van der Waals surface area contributed by atoms with Crippen LogP contribution in [0, 0.1) is 0 Å². The van der Waals surface area contributed by atoms with Crippen LogP contribution < -0.4 is 5.32 Å². The van der Waals surface area contributed by atoms with Crippen molar-refractivity contribution in [1.82, 2.24) is 5.32 Å². The molecule has 3 nitrogen and oxygen atoms in total. The Bertz CT molecular complexity index is 276. The molecule has 0 aliphatic rings. The fourth-order valence-electron chi connectivity index (χ4n) is 1.38. The predicted octanol–water partition coefficient (Wildman–Crippen LogP) is 0.910. The van der Waals surface area contributed by atoms with Gasteiger partial charge in [0.1, 0.15) is 0 Å². The monoisotopic (exact) mass is 209 g/mol. The Labute approximate surface area is 90.8 Å². The van der Waals surface area contributed by atoms with Gasteiger partial charge in [0.25, 0.3) is 0 Å². The van der Waals surface area contributed by atoms with Gasteiger partial charge in [-0.3, -0.25) is 0 Å². The summed E-state index contributed by atoms with van der Waals surface area (Å²) in [5.41, 5.74) is 0.778. The maximum absolute atomic E-state index is 9.22. The van der Waals surface area contributed by atoms with Gasteiger partial charge < -0.3 is 15.5 Å². The van der Waals surface area contributed by atoms with Gasteiger partial charge >= 0.3 is 0 Å². The van der Waals surface area contributed by atoms with Gasteiger partial charge in [0.05, 0.1) is 6.61 Å². The Morgan fingerprint density at radius 2 is 1.87 bits per heavy atom. The van der Waals surface area contributed by atoms with Crippen LogP contribution in [0.3, 0.4) is 0 Å². The molecule has 0 aromatic heterocycles. The minimum Gasteiger partial charge on any atom is -0.396 e. The van der Waals surface area contributed by atoms with Crippen molar-refractivity contribution < 1.29 is 10.2 Å². The zero-order chi connectivity index (χ0) is 11.1. The third-order valence-corrected chi connectivity index (χ3v) is 2.57. The highest BCUT2D eigenvalue weighted by Crippen LogP contribution is 2.09. The van der Waals surface area contributed by atoms with E-state index in [0.29, 0.717) is 13.0 Å². The first kappa shape index (κ1) is 12.2. The van der Waals surface area contributed by atoms with E-state index >= 15 is 0 Å². The summed E-state index contributed by atoms with van der Waals surface area (Å²) in [6.07, 6.45) is 0.552. The molecule has 84 valence electrons. The highest BCUT2D eigenvalue weighted by molar-refractivity contribution is 5.14. The highest BCUT2D eigenvalue weighted by Gasteiger charge is 2.21. The minimum absolute atomic E-state index is 0.0282. The minimum atomic E-state index is -0.398. The van der Waals surface area contributed by atoms with Crippen LogP contribution in [-0.2, 0) is 6.54 Å². The fourth-order valence-corrected chi connectivity index (χ4v) is 1.38. The van der Waals surface area contributed by atoms with Crippen LogP contribution in [0.4, 0.5) is 0 Å². The van der Waals surface area contributed by atoms with Crippen LogP contribution in [0.5, 0.6) is 0 Å². The second-order valence-electron chi connectivity index (χ2n) is 4.03. The lowest BCUT2D eigenvalue weighted by molar-refractivity contribution is 0.137. The first-order valence-corrected chi connectivity index (χ1v) is 5.21. The SMILES string of the molecule is CC(CO)(CCO)NCc1ccccc1. The van der Waals surface area contributed by atoms with E-state index in [1.54, 1.807) is 0 Å². The number of aliphatic hydroxyl groups is 2. The number of aliphatic hydroxyl groups excluding tert-OH is 2. The molecule has 1 aromatic rings. The summed E-state index contributed by atoms with van der Waals surface area (Å²) < 4.78 is 0. The van der Waals surface area contributed by atoms with Gasteiger partial charge in [0.2, 0.25) is 0 Å². The van der Waals surface area contributed by atoms with E-state index in [9.17, 15) is 5.11 Å². The molecule has 0 saturated carbocycles. The van der Waals surface area contributed by atoms with Crippen LogP contribution in [-0.4, -0.2) is 29.0 Å². The number of rotatable bonds is 6. The maximum atomic E-state index is 9.22. The first-order chi connectivity index (χ1) is 7.20. The quantitative estimate of drug-likeness (QED) is 0.652. The molecule has 0 radical (unpaired) electrons. The van der Waals surface area contributed by atoms with E-state index in [1.807, 2.05) is 37.3 Å². The van der Waals surface area contributed by atoms with Gasteiger partial charge in [0.15, 0.2) is 0 Å². The first-order valence-electron chi connectivity index (χ1n) is 5.21. The van der Waals surface area contributed by atoms with Crippen LogP contribution in [0.25, 0.3) is 0 Å². The molecule has 1 aromatic carbocycles. The van der Waals surface area contributed by atoms with E-state index < -0.39 is 5.54 Å². The van der Waals surface area contributed by atoms with E-state index in [2.05, 4.69) is 5.32 Å². The van der Waals surface area contributed by atoms with Gasteiger partial charge in [0, 0.05) is 18.7 Å². The largest absolute Gasteiger partial charge is 0.396 e. The van der Waals surface area contributed by atoms with E-state index in [1.165, 1.54) is 5.56 Å². The van der Waals surface area contributed by atoms with Crippen LogP contribution in [0.2, 0.25) is 0 Å². The Hall–Kier alpha value is -0.900. The van der Waals surface area contributed by atoms with Crippen LogP contribution in [0.15, 0.2) is 30.3 Å². The van der Waals surface area contributed by atoms with Gasteiger partial charge in [-0.15, -0.1) is 0 Å². The van der Waals surface area contributed by atoms with Crippen molar-refractivity contribution in [3.8, 4) is 0 Å². The predicted molar refractivity (Wildman–Crippen MR) is 60.5 cm³/mol. The van der Waals surface area contributed by atoms with Crippen LogP contribution >= 0.6 is 0 Å². The molecule has 0 heterocycles. The molecule has 3 heteroatoms. The van der Waals surface area contributed by atoms with Gasteiger partial charge in [-0.1, -0.05) is 30.3 Å². The summed E-state index contributed by atoms with van der Waals surface area (Å²) in [5, 5.41) is 21.4. The van der Waals surface area contributed by atoms with Crippen molar-refractivity contribution in [1.29, 1.82) is 0 Å².